The summed E-state index contributed by atoms with van der Waals surface area (Å²) in [5.74, 6) is 0.518. The molecule has 36 heavy (non-hydrogen) atoms. The second-order valence-corrected chi connectivity index (χ2v) is 10.0. The molecule has 3 aromatic heterocycles. The quantitative estimate of drug-likeness (QED) is 0.230. The van der Waals surface area contributed by atoms with Crippen LogP contribution in [-0.2, 0) is 13.1 Å². The summed E-state index contributed by atoms with van der Waals surface area (Å²) in [6.07, 6.45) is 5.61. The molecule has 0 N–H and O–H groups in total. The van der Waals surface area contributed by atoms with Gasteiger partial charge in [-0.15, -0.1) is 5.10 Å². The molecule has 5 aromatic rings. The van der Waals surface area contributed by atoms with Gasteiger partial charge in [0.05, 0.1) is 47.0 Å². The molecule has 0 atom stereocenters. The first kappa shape index (κ1) is 24.2. The predicted octanol–water partition coefficient (Wildman–Crippen LogP) is 5.88. The van der Waals surface area contributed by atoms with Crippen molar-refractivity contribution in [3.63, 3.8) is 0 Å². The molecular formula is C26H22Br2N6O2. The SMILES string of the molecule is Cc1ccc(C(=O)N(C)Cc2cc(Br)c(Br)o2)c(-n2cc(Cn3cnc(-c4ccccc4)c3)nn2)c1. The fraction of sp³-hybridized carbons (Fsp3) is 0.154. The third-order valence-electron chi connectivity index (χ3n) is 5.65. The number of nitrogens with zero attached hydrogens (tertiary/aromatic N) is 6. The molecule has 0 aliphatic carbocycles. The minimum absolute atomic E-state index is 0.146. The summed E-state index contributed by atoms with van der Waals surface area (Å²) in [6, 6.07) is 17.5. The van der Waals surface area contributed by atoms with Crippen LogP contribution in [0, 0.1) is 6.92 Å². The number of aryl methyl sites for hydroxylation is 1. The fourth-order valence-electron chi connectivity index (χ4n) is 3.87. The van der Waals surface area contributed by atoms with Crippen molar-refractivity contribution < 1.29 is 9.21 Å². The molecule has 0 aliphatic rings. The topological polar surface area (TPSA) is 82.0 Å². The minimum atomic E-state index is -0.146. The van der Waals surface area contributed by atoms with Gasteiger partial charge in [-0.3, -0.25) is 4.79 Å². The largest absolute Gasteiger partial charge is 0.451 e. The zero-order valence-corrected chi connectivity index (χ0v) is 22.8. The van der Waals surface area contributed by atoms with Gasteiger partial charge in [-0.05, 0) is 62.5 Å². The van der Waals surface area contributed by atoms with Crippen molar-refractivity contribution in [1.29, 1.82) is 0 Å². The first-order valence-corrected chi connectivity index (χ1v) is 12.7. The molecule has 182 valence electrons. The minimum Gasteiger partial charge on any atom is -0.451 e. The smallest absolute Gasteiger partial charge is 0.256 e. The Morgan fingerprint density at radius 1 is 1.08 bits per heavy atom. The monoisotopic (exact) mass is 608 g/mol. The van der Waals surface area contributed by atoms with Crippen LogP contribution in [0.2, 0.25) is 0 Å². The van der Waals surface area contributed by atoms with Crippen molar-refractivity contribution >= 4 is 37.8 Å². The Balaban J connectivity index is 1.36. The molecular weight excluding hydrogens is 588 g/mol. The molecule has 0 saturated carbocycles. The number of furan rings is 1. The van der Waals surface area contributed by atoms with E-state index in [1.165, 1.54) is 0 Å². The number of halogens is 2. The van der Waals surface area contributed by atoms with E-state index < -0.39 is 0 Å². The first-order valence-electron chi connectivity index (χ1n) is 11.2. The number of carbonyl (C=O) groups excluding carboxylic acids is 1. The van der Waals surface area contributed by atoms with Crippen molar-refractivity contribution in [2.45, 2.75) is 20.0 Å². The van der Waals surface area contributed by atoms with Gasteiger partial charge in [0.25, 0.3) is 5.91 Å². The van der Waals surface area contributed by atoms with Crippen LogP contribution in [-0.4, -0.2) is 42.4 Å². The second-order valence-electron chi connectivity index (χ2n) is 8.47. The van der Waals surface area contributed by atoms with Crippen molar-refractivity contribution in [3.8, 4) is 16.9 Å². The van der Waals surface area contributed by atoms with Gasteiger partial charge in [0.2, 0.25) is 0 Å². The fourth-order valence-corrected chi connectivity index (χ4v) is 4.53. The van der Waals surface area contributed by atoms with E-state index in [9.17, 15) is 4.79 Å². The summed E-state index contributed by atoms with van der Waals surface area (Å²) >= 11 is 6.74. The summed E-state index contributed by atoms with van der Waals surface area (Å²) in [5.41, 5.74) is 4.92. The maximum Gasteiger partial charge on any atom is 0.256 e. The summed E-state index contributed by atoms with van der Waals surface area (Å²) in [6.45, 7) is 2.81. The van der Waals surface area contributed by atoms with Gasteiger partial charge in [0, 0.05) is 18.8 Å². The van der Waals surface area contributed by atoms with Gasteiger partial charge in [-0.1, -0.05) is 41.6 Å². The number of hydrogen-bond donors (Lipinski definition) is 0. The van der Waals surface area contributed by atoms with E-state index in [-0.39, 0.29) is 5.91 Å². The molecule has 10 heteroatoms. The molecule has 0 aliphatic heterocycles. The Morgan fingerprint density at radius 2 is 1.89 bits per heavy atom. The normalized spacial score (nSPS) is 11.1. The van der Waals surface area contributed by atoms with Gasteiger partial charge in [-0.2, -0.15) is 0 Å². The van der Waals surface area contributed by atoms with Gasteiger partial charge in [-0.25, -0.2) is 9.67 Å². The summed E-state index contributed by atoms with van der Waals surface area (Å²) in [5, 5.41) is 8.66. The van der Waals surface area contributed by atoms with E-state index >= 15 is 0 Å². The van der Waals surface area contributed by atoms with Crippen LogP contribution in [0.4, 0.5) is 0 Å². The van der Waals surface area contributed by atoms with E-state index in [2.05, 4.69) is 47.2 Å². The van der Waals surface area contributed by atoms with Crippen LogP contribution in [0.3, 0.4) is 0 Å². The lowest BCUT2D eigenvalue weighted by Crippen LogP contribution is -2.27. The molecule has 3 heterocycles. The van der Waals surface area contributed by atoms with Gasteiger partial charge in [0.15, 0.2) is 4.67 Å². The first-order chi connectivity index (χ1) is 17.4. The lowest BCUT2D eigenvalue weighted by molar-refractivity contribution is 0.0775. The van der Waals surface area contributed by atoms with Crippen molar-refractivity contribution in [1.82, 2.24) is 29.4 Å². The summed E-state index contributed by atoms with van der Waals surface area (Å²) in [4.78, 5) is 19.5. The second kappa shape index (κ2) is 10.2. The van der Waals surface area contributed by atoms with Crippen LogP contribution in [0.1, 0.15) is 27.4 Å². The third kappa shape index (κ3) is 5.19. The lowest BCUT2D eigenvalue weighted by Gasteiger charge is -2.18. The number of hydrogen-bond acceptors (Lipinski definition) is 5. The van der Waals surface area contributed by atoms with E-state index in [1.54, 1.807) is 23.0 Å². The number of benzene rings is 2. The maximum absolute atomic E-state index is 13.4. The number of imidazole rings is 1. The molecule has 0 fully saturated rings. The predicted molar refractivity (Wildman–Crippen MR) is 143 cm³/mol. The van der Waals surface area contributed by atoms with Gasteiger partial charge >= 0.3 is 0 Å². The van der Waals surface area contributed by atoms with Crippen LogP contribution >= 0.6 is 31.9 Å². The van der Waals surface area contributed by atoms with Crippen molar-refractivity contribution in [3.05, 3.63) is 105 Å². The van der Waals surface area contributed by atoms with Gasteiger partial charge < -0.3 is 13.9 Å². The molecule has 0 saturated heterocycles. The maximum atomic E-state index is 13.4. The van der Waals surface area contributed by atoms with E-state index in [1.807, 2.05) is 78.5 Å². The van der Waals surface area contributed by atoms with Crippen molar-refractivity contribution in [2.75, 3.05) is 7.05 Å². The van der Waals surface area contributed by atoms with E-state index in [0.29, 0.717) is 34.8 Å². The number of rotatable bonds is 7. The highest BCUT2D eigenvalue weighted by atomic mass is 79.9. The van der Waals surface area contributed by atoms with Crippen LogP contribution in [0.25, 0.3) is 16.9 Å². The average molecular weight is 610 g/mol. The number of carbonyl (C=O) groups is 1. The standard InChI is InChI=1S/C26H22Br2N6O2/c1-17-8-9-21(26(35)32(2)14-20-11-22(27)25(28)36-20)24(10-17)34-13-19(30-31-34)12-33-15-23(29-16-33)18-6-4-3-5-7-18/h3-11,13,15-16H,12,14H2,1-2H3. The summed E-state index contributed by atoms with van der Waals surface area (Å²) < 4.78 is 10.7. The third-order valence-corrected chi connectivity index (χ3v) is 7.36. The van der Waals surface area contributed by atoms with Crippen LogP contribution in [0.5, 0.6) is 0 Å². The Bertz CT molecular complexity index is 1500. The number of amides is 1. The Kier molecular flexibility index (Phi) is 6.88. The van der Waals surface area contributed by atoms with Crippen LogP contribution in [0.15, 0.2) is 86.9 Å². The highest BCUT2D eigenvalue weighted by molar-refractivity contribution is 9.13. The Morgan fingerprint density at radius 3 is 2.64 bits per heavy atom. The average Bonchev–Trinajstić information content (AvgIpc) is 3.60. The van der Waals surface area contributed by atoms with E-state index in [0.717, 1.165) is 27.0 Å². The summed E-state index contributed by atoms with van der Waals surface area (Å²) in [7, 11) is 1.74. The molecule has 1 amide bonds. The zero-order valence-electron chi connectivity index (χ0n) is 19.6. The highest BCUT2D eigenvalue weighted by Crippen LogP contribution is 2.28. The molecule has 2 aromatic carbocycles. The zero-order chi connectivity index (χ0) is 25.2. The Labute approximate surface area is 224 Å². The van der Waals surface area contributed by atoms with Crippen LogP contribution < -0.4 is 0 Å². The Hall–Kier alpha value is -3.50. The molecule has 0 radical (unpaired) electrons. The number of aromatic nitrogens is 5. The highest BCUT2D eigenvalue weighted by Gasteiger charge is 2.20. The molecule has 8 nitrogen and oxygen atoms in total. The van der Waals surface area contributed by atoms with E-state index in [4.69, 9.17) is 4.42 Å². The molecule has 5 rings (SSSR count). The molecule has 0 bridgehead atoms. The van der Waals surface area contributed by atoms with Gasteiger partial charge in [0.1, 0.15) is 11.5 Å². The lowest BCUT2D eigenvalue weighted by atomic mass is 10.1. The molecule has 0 spiro atoms. The van der Waals surface area contributed by atoms with Crippen molar-refractivity contribution in [2.24, 2.45) is 0 Å². The molecule has 0 unspecified atom stereocenters.